The molecule has 5 N–H and O–H groups in total. The SMILES string of the molecule is CC(=O)Nc1ccc(C(O)c2cccc(NC(=O)c3cc(C(F)(F)F)nn3-c3cccc(CNC(=O)O)c3)c2)cc1. The molecule has 0 radical (unpaired) electrons. The fourth-order valence-electron chi connectivity index (χ4n) is 3.98. The van der Waals surface area contributed by atoms with Gasteiger partial charge < -0.3 is 26.2 Å². The molecule has 41 heavy (non-hydrogen) atoms. The van der Waals surface area contributed by atoms with Crippen molar-refractivity contribution in [2.45, 2.75) is 25.7 Å². The van der Waals surface area contributed by atoms with Crippen molar-refractivity contribution in [3.8, 4) is 5.69 Å². The Morgan fingerprint density at radius 2 is 1.61 bits per heavy atom. The molecule has 3 amide bonds. The van der Waals surface area contributed by atoms with Gasteiger partial charge in [0.15, 0.2) is 5.69 Å². The van der Waals surface area contributed by atoms with Crippen molar-refractivity contribution in [3.63, 3.8) is 0 Å². The first-order chi connectivity index (χ1) is 19.4. The van der Waals surface area contributed by atoms with Crippen LogP contribution in [-0.2, 0) is 17.5 Å². The van der Waals surface area contributed by atoms with Crippen molar-refractivity contribution in [1.82, 2.24) is 15.1 Å². The molecule has 10 nitrogen and oxygen atoms in total. The van der Waals surface area contributed by atoms with Crippen molar-refractivity contribution in [2.24, 2.45) is 0 Å². The summed E-state index contributed by atoms with van der Waals surface area (Å²) >= 11 is 0. The minimum absolute atomic E-state index is 0.108. The van der Waals surface area contributed by atoms with Gasteiger partial charge >= 0.3 is 12.3 Å². The minimum Gasteiger partial charge on any atom is -0.465 e. The van der Waals surface area contributed by atoms with Gasteiger partial charge in [0.05, 0.1) is 5.69 Å². The average molecular weight is 568 g/mol. The summed E-state index contributed by atoms with van der Waals surface area (Å²) < 4.78 is 41.4. The van der Waals surface area contributed by atoms with Gasteiger partial charge in [-0.25, -0.2) is 9.48 Å². The molecule has 0 aliphatic heterocycles. The molecule has 0 fully saturated rings. The molecule has 1 atom stereocenters. The van der Waals surface area contributed by atoms with Gasteiger partial charge in [0.1, 0.15) is 11.8 Å². The van der Waals surface area contributed by atoms with Crippen LogP contribution in [0.25, 0.3) is 5.69 Å². The van der Waals surface area contributed by atoms with Crippen molar-refractivity contribution in [3.05, 3.63) is 107 Å². The Morgan fingerprint density at radius 3 is 2.27 bits per heavy atom. The quantitative estimate of drug-likeness (QED) is 0.204. The fraction of sp³-hybridized carbons (Fsp3) is 0.143. The third kappa shape index (κ3) is 7.28. The highest BCUT2D eigenvalue weighted by molar-refractivity contribution is 6.03. The van der Waals surface area contributed by atoms with E-state index in [1.807, 2.05) is 0 Å². The number of carbonyl (C=O) groups excluding carboxylic acids is 2. The van der Waals surface area contributed by atoms with E-state index < -0.39 is 35.7 Å². The summed E-state index contributed by atoms with van der Waals surface area (Å²) in [5.41, 5.74) is 0.513. The maximum absolute atomic E-state index is 13.5. The van der Waals surface area contributed by atoms with E-state index >= 15 is 0 Å². The number of alkyl halides is 3. The van der Waals surface area contributed by atoms with Gasteiger partial charge in [0, 0.05) is 30.9 Å². The van der Waals surface area contributed by atoms with E-state index in [1.165, 1.54) is 37.3 Å². The molecule has 13 heteroatoms. The Morgan fingerprint density at radius 1 is 0.902 bits per heavy atom. The Bertz CT molecular complexity index is 1580. The monoisotopic (exact) mass is 567 g/mol. The van der Waals surface area contributed by atoms with Gasteiger partial charge in [-0.1, -0.05) is 36.4 Å². The third-order valence-corrected chi connectivity index (χ3v) is 5.84. The van der Waals surface area contributed by atoms with Crippen LogP contribution in [0.4, 0.5) is 29.3 Å². The molecule has 4 aromatic rings. The Labute approximate surface area is 231 Å². The number of carboxylic acid groups (broad SMARTS) is 1. The molecule has 1 heterocycles. The van der Waals surface area contributed by atoms with Crippen LogP contribution in [0.1, 0.15) is 45.9 Å². The van der Waals surface area contributed by atoms with E-state index in [0.717, 1.165) is 4.68 Å². The van der Waals surface area contributed by atoms with E-state index in [9.17, 15) is 32.7 Å². The number of hydrogen-bond acceptors (Lipinski definition) is 5. The molecule has 212 valence electrons. The largest absolute Gasteiger partial charge is 0.465 e. The predicted octanol–water partition coefficient (Wildman–Crippen LogP) is 4.95. The number of aromatic nitrogens is 2. The number of rotatable bonds is 8. The molecule has 1 aromatic heterocycles. The number of anilines is 2. The van der Waals surface area contributed by atoms with E-state index in [1.54, 1.807) is 42.5 Å². The number of halogens is 3. The molecule has 1 unspecified atom stereocenters. The maximum atomic E-state index is 13.5. The summed E-state index contributed by atoms with van der Waals surface area (Å²) in [7, 11) is 0. The molecule has 4 rings (SSSR count). The summed E-state index contributed by atoms with van der Waals surface area (Å²) in [6, 6.07) is 19.2. The first-order valence-electron chi connectivity index (χ1n) is 12.1. The second kappa shape index (κ2) is 11.9. The van der Waals surface area contributed by atoms with E-state index in [-0.39, 0.29) is 23.8 Å². The molecular formula is C28H24F3N5O5. The lowest BCUT2D eigenvalue weighted by atomic mass is 10.0. The smallest absolute Gasteiger partial charge is 0.435 e. The summed E-state index contributed by atoms with van der Waals surface area (Å²) in [6.45, 7) is 1.26. The van der Waals surface area contributed by atoms with Crippen LogP contribution in [0, 0.1) is 0 Å². The van der Waals surface area contributed by atoms with Crippen LogP contribution >= 0.6 is 0 Å². The average Bonchev–Trinajstić information content (AvgIpc) is 3.39. The third-order valence-electron chi connectivity index (χ3n) is 5.84. The van der Waals surface area contributed by atoms with E-state index in [0.29, 0.717) is 28.4 Å². The summed E-state index contributed by atoms with van der Waals surface area (Å²) in [5.74, 6) is -1.14. The molecule has 0 bridgehead atoms. The molecule has 0 aliphatic carbocycles. The maximum Gasteiger partial charge on any atom is 0.435 e. The van der Waals surface area contributed by atoms with Crippen molar-refractivity contribution >= 4 is 29.3 Å². The Balaban J connectivity index is 1.60. The standard InChI is InChI=1S/C28H24F3N5O5/c1-16(37)33-20-10-8-18(9-11-20)25(38)19-5-3-6-21(13-19)34-26(39)23-14-24(28(29,30)31)35-36(23)22-7-2-4-17(12-22)15-32-27(40)41/h2-14,25,32,38H,15H2,1H3,(H,33,37)(H,34,39)(H,40,41). The fourth-order valence-corrected chi connectivity index (χ4v) is 3.98. The zero-order valence-electron chi connectivity index (χ0n) is 21.4. The van der Waals surface area contributed by atoms with Gasteiger partial charge in [-0.05, 0) is 53.1 Å². The summed E-state index contributed by atoms with van der Waals surface area (Å²) in [6.07, 6.45) is -7.20. The van der Waals surface area contributed by atoms with Gasteiger partial charge in [-0.3, -0.25) is 9.59 Å². The number of carbonyl (C=O) groups is 3. The highest BCUT2D eigenvalue weighted by Gasteiger charge is 2.36. The van der Waals surface area contributed by atoms with E-state index in [2.05, 4.69) is 21.0 Å². The van der Waals surface area contributed by atoms with Crippen molar-refractivity contribution < 1.29 is 37.8 Å². The number of benzene rings is 3. The normalized spacial score (nSPS) is 11.9. The molecular weight excluding hydrogens is 543 g/mol. The van der Waals surface area contributed by atoms with Crippen molar-refractivity contribution in [2.75, 3.05) is 10.6 Å². The van der Waals surface area contributed by atoms with E-state index in [4.69, 9.17) is 5.11 Å². The second-order valence-electron chi connectivity index (χ2n) is 8.94. The van der Waals surface area contributed by atoms with Gasteiger partial charge in [-0.2, -0.15) is 18.3 Å². The molecule has 0 saturated heterocycles. The lowest BCUT2D eigenvalue weighted by molar-refractivity contribution is -0.141. The topological polar surface area (TPSA) is 146 Å². The van der Waals surface area contributed by atoms with Gasteiger partial charge in [0.2, 0.25) is 5.91 Å². The Hall–Kier alpha value is -5.17. The molecule has 0 aliphatic rings. The lowest BCUT2D eigenvalue weighted by Crippen LogP contribution is -2.20. The summed E-state index contributed by atoms with van der Waals surface area (Å²) in [4.78, 5) is 35.2. The highest BCUT2D eigenvalue weighted by Crippen LogP contribution is 2.30. The first kappa shape index (κ1) is 28.8. The van der Waals surface area contributed by atoms with Gasteiger partial charge in [0.25, 0.3) is 5.91 Å². The zero-order chi connectivity index (χ0) is 29.7. The number of hydrogen-bond donors (Lipinski definition) is 5. The second-order valence-corrected chi connectivity index (χ2v) is 8.94. The summed E-state index contributed by atoms with van der Waals surface area (Å²) in [5, 5.41) is 30.6. The number of aliphatic hydroxyl groups is 1. The molecule has 0 saturated carbocycles. The minimum atomic E-state index is -4.83. The van der Waals surface area contributed by atoms with Crippen LogP contribution in [0.15, 0.2) is 78.9 Å². The highest BCUT2D eigenvalue weighted by atomic mass is 19.4. The Kier molecular flexibility index (Phi) is 8.38. The zero-order valence-corrected chi connectivity index (χ0v) is 21.4. The number of nitrogens with zero attached hydrogens (tertiary/aromatic N) is 2. The van der Waals surface area contributed by atoms with Crippen LogP contribution in [-0.4, -0.2) is 37.9 Å². The van der Waals surface area contributed by atoms with Crippen molar-refractivity contribution in [1.29, 1.82) is 0 Å². The van der Waals surface area contributed by atoms with Crippen LogP contribution < -0.4 is 16.0 Å². The predicted molar refractivity (Wildman–Crippen MR) is 143 cm³/mol. The van der Waals surface area contributed by atoms with Crippen LogP contribution in [0.2, 0.25) is 0 Å². The molecule has 3 aromatic carbocycles. The van der Waals surface area contributed by atoms with Crippen LogP contribution in [0.5, 0.6) is 0 Å². The first-order valence-corrected chi connectivity index (χ1v) is 12.1. The number of amides is 3. The lowest BCUT2D eigenvalue weighted by Gasteiger charge is -2.14. The molecule has 0 spiro atoms. The van der Waals surface area contributed by atoms with Gasteiger partial charge in [-0.15, -0.1) is 0 Å². The van der Waals surface area contributed by atoms with Crippen LogP contribution in [0.3, 0.4) is 0 Å². The number of nitrogens with one attached hydrogen (secondary N) is 3. The number of aliphatic hydroxyl groups excluding tert-OH is 1.